The van der Waals surface area contributed by atoms with E-state index in [4.69, 9.17) is 11.6 Å². The summed E-state index contributed by atoms with van der Waals surface area (Å²) < 4.78 is 28.3. The third-order valence-electron chi connectivity index (χ3n) is 3.57. The molecule has 21 heavy (non-hydrogen) atoms. The Kier molecular flexibility index (Phi) is 6.52. The van der Waals surface area contributed by atoms with Crippen molar-refractivity contribution in [2.75, 3.05) is 19.6 Å². The lowest BCUT2D eigenvalue weighted by atomic mass is 10.1. The molecule has 2 rings (SSSR count). The zero-order valence-electron chi connectivity index (χ0n) is 11.9. The number of piperidine rings is 1. The average Bonchev–Trinajstić information content (AvgIpc) is 2.80. The molecule has 0 amide bonds. The predicted octanol–water partition coefficient (Wildman–Crippen LogP) is 3.71. The second-order valence-corrected chi connectivity index (χ2v) is 10.1. The van der Waals surface area contributed by atoms with Crippen molar-refractivity contribution in [3.8, 4) is 0 Å². The van der Waals surface area contributed by atoms with Crippen molar-refractivity contribution in [3.63, 3.8) is 0 Å². The lowest BCUT2D eigenvalue weighted by Gasteiger charge is -2.34. The molecule has 0 radical (unpaired) electrons. The quantitative estimate of drug-likeness (QED) is 0.721. The summed E-state index contributed by atoms with van der Waals surface area (Å²) in [6, 6.07) is 1.58. The number of rotatable bonds is 6. The van der Waals surface area contributed by atoms with E-state index in [-0.39, 0.29) is 6.04 Å². The summed E-state index contributed by atoms with van der Waals surface area (Å²) in [5.74, 6) is 0. The summed E-state index contributed by atoms with van der Waals surface area (Å²) in [6.07, 6.45) is 3.96. The Morgan fingerprint density at radius 1 is 1.52 bits per heavy atom. The molecule has 1 aliphatic heterocycles. The van der Waals surface area contributed by atoms with Crippen LogP contribution in [0, 0.1) is 0 Å². The van der Waals surface area contributed by atoms with Gasteiger partial charge < -0.3 is 5.32 Å². The first-order valence-electron chi connectivity index (χ1n) is 7.14. The molecular formula is C13H20BrClN2O2S2. The van der Waals surface area contributed by atoms with Gasteiger partial charge in [-0.3, -0.25) is 0 Å². The highest BCUT2D eigenvalue weighted by molar-refractivity contribution is 9.11. The predicted molar refractivity (Wildman–Crippen MR) is 91.7 cm³/mol. The summed E-state index contributed by atoms with van der Waals surface area (Å²) >= 11 is 10.5. The first-order valence-corrected chi connectivity index (χ1v) is 10.6. The maximum Gasteiger partial charge on any atom is 0.252 e. The van der Waals surface area contributed by atoms with Crippen LogP contribution in [0.15, 0.2) is 14.1 Å². The van der Waals surface area contributed by atoms with Crippen LogP contribution in [-0.4, -0.2) is 38.4 Å². The van der Waals surface area contributed by atoms with E-state index in [1.165, 1.54) is 17.4 Å². The van der Waals surface area contributed by atoms with Gasteiger partial charge in [0.2, 0.25) is 0 Å². The normalized spacial score (nSPS) is 20.8. The van der Waals surface area contributed by atoms with E-state index >= 15 is 0 Å². The van der Waals surface area contributed by atoms with Gasteiger partial charge in [-0.2, -0.15) is 4.31 Å². The molecule has 1 aliphatic rings. The van der Waals surface area contributed by atoms with Gasteiger partial charge in [0.15, 0.2) is 0 Å². The summed E-state index contributed by atoms with van der Waals surface area (Å²) in [7, 11) is -3.45. The molecule has 1 saturated heterocycles. The Hall–Kier alpha value is 0.340. The molecule has 8 heteroatoms. The van der Waals surface area contributed by atoms with Crippen LogP contribution in [-0.2, 0) is 10.0 Å². The number of nitrogens with zero attached hydrogens (tertiary/aromatic N) is 1. The van der Waals surface area contributed by atoms with Gasteiger partial charge in [0.05, 0.1) is 8.81 Å². The molecule has 2 heterocycles. The lowest BCUT2D eigenvalue weighted by Crippen LogP contribution is -2.48. The molecule has 1 atom stereocenters. The number of nitrogens with one attached hydrogen (secondary N) is 1. The first kappa shape index (κ1) is 17.7. The van der Waals surface area contributed by atoms with Gasteiger partial charge in [-0.05, 0) is 47.8 Å². The van der Waals surface area contributed by atoms with Crippen LogP contribution in [0.2, 0.25) is 5.02 Å². The molecule has 1 N–H and O–H groups in total. The maximum atomic E-state index is 12.8. The van der Waals surface area contributed by atoms with E-state index < -0.39 is 10.0 Å². The van der Waals surface area contributed by atoms with Crippen molar-refractivity contribution >= 4 is 48.9 Å². The van der Waals surface area contributed by atoms with Crippen molar-refractivity contribution in [2.24, 2.45) is 0 Å². The molecule has 0 aromatic carbocycles. The number of thiophene rings is 1. The minimum Gasteiger partial charge on any atom is -0.315 e. The van der Waals surface area contributed by atoms with Crippen molar-refractivity contribution < 1.29 is 8.42 Å². The molecular weight excluding hydrogens is 396 g/mol. The standard InChI is InChI=1S/C13H20BrClN2O2S2/c1-2-6-16-9-10-5-3-4-7-17(10)21(18,19)12-8-11(15)13(14)20-12/h8,10,16H,2-7,9H2,1H3. The zero-order chi connectivity index (χ0) is 15.5. The molecule has 0 spiro atoms. The van der Waals surface area contributed by atoms with Crippen LogP contribution in [0.4, 0.5) is 0 Å². The number of hydrogen-bond donors (Lipinski definition) is 1. The van der Waals surface area contributed by atoms with E-state index in [2.05, 4.69) is 28.2 Å². The van der Waals surface area contributed by atoms with E-state index in [1.54, 1.807) is 4.31 Å². The topological polar surface area (TPSA) is 49.4 Å². The smallest absolute Gasteiger partial charge is 0.252 e. The van der Waals surface area contributed by atoms with Gasteiger partial charge in [0.1, 0.15) is 4.21 Å². The molecule has 0 aliphatic carbocycles. The van der Waals surface area contributed by atoms with Crippen molar-refractivity contribution in [2.45, 2.75) is 42.9 Å². The van der Waals surface area contributed by atoms with Crippen molar-refractivity contribution in [1.29, 1.82) is 0 Å². The molecule has 1 fully saturated rings. The van der Waals surface area contributed by atoms with Crippen LogP contribution in [0.5, 0.6) is 0 Å². The Bertz CT molecular complexity index is 557. The minimum atomic E-state index is -3.45. The molecule has 1 aromatic rings. The summed E-state index contributed by atoms with van der Waals surface area (Å²) in [4.78, 5) is 0. The monoisotopic (exact) mass is 414 g/mol. The van der Waals surface area contributed by atoms with Crippen LogP contribution in [0.3, 0.4) is 0 Å². The van der Waals surface area contributed by atoms with Gasteiger partial charge in [-0.15, -0.1) is 11.3 Å². The fourth-order valence-corrected chi connectivity index (χ4v) is 6.73. The molecule has 120 valence electrons. The lowest BCUT2D eigenvalue weighted by molar-refractivity contribution is 0.246. The molecule has 1 aromatic heterocycles. The highest BCUT2D eigenvalue weighted by Crippen LogP contribution is 2.37. The van der Waals surface area contributed by atoms with Crippen LogP contribution in [0.25, 0.3) is 0 Å². The van der Waals surface area contributed by atoms with Crippen LogP contribution >= 0.6 is 38.9 Å². The van der Waals surface area contributed by atoms with E-state index in [0.29, 0.717) is 26.1 Å². The van der Waals surface area contributed by atoms with E-state index in [1.807, 2.05) is 0 Å². The number of hydrogen-bond acceptors (Lipinski definition) is 4. The molecule has 4 nitrogen and oxygen atoms in total. The Labute approximate surface area is 144 Å². The highest BCUT2D eigenvalue weighted by Gasteiger charge is 2.34. The van der Waals surface area contributed by atoms with E-state index in [9.17, 15) is 8.42 Å². The largest absolute Gasteiger partial charge is 0.315 e. The van der Waals surface area contributed by atoms with Crippen LogP contribution < -0.4 is 5.32 Å². The SMILES string of the molecule is CCCNCC1CCCCN1S(=O)(=O)c1cc(Cl)c(Br)s1. The fraction of sp³-hybridized carbons (Fsp3) is 0.692. The van der Waals surface area contributed by atoms with E-state index in [0.717, 1.165) is 32.2 Å². The van der Waals surface area contributed by atoms with Gasteiger partial charge in [-0.1, -0.05) is 24.9 Å². The van der Waals surface area contributed by atoms with Gasteiger partial charge in [-0.25, -0.2) is 8.42 Å². The van der Waals surface area contributed by atoms with Gasteiger partial charge in [0.25, 0.3) is 10.0 Å². The van der Waals surface area contributed by atoms with Crippen LogP contribution in [0.1, 0.15) is 32.6 Å². The summed E-state index contributed by atoms with van der Waals surface area (Å²) in [5, 5.41) is 3.79. The zero-order valence-corrected chi connectivity index (χ0v) is 15.9. The summed E-state index contributed by atoms with van der Waals surface area (Å²) in [6.45, 7) is 4.33. The fourth-order valence-electron chi connectivity index (χ4n) is 2.51. The second-order valence-electron chi connectivity index (χ2n) is 5.16. The Balaban J connectivity index is 2.19. The molecule has 0 bridgehead atoms. The van der Waals surface area contributed by atoms with Crippen molar-refractivity contribution in [3.05, 3.63) is 14.9 Å². The minimum absolute atomic E-state index is 0.0370. The maximum absolute atomic E-state index is 12.8. The third kappa shape index (κ3) is 4.20. The molecule has 0 saturated carbocycles. The number of halogens is 2. The Morgan fingerprint density at radius 3 is 2.90 bits per heavy atom. The van der Waals surface area contributed by atoms with Gasteiger partial charge in [0, 0.05) is 19.1 Å². The summed E-state index contributed by atoms with van der Waals surface area (Å²) in [5.41, 5.74) is 0. The average molecular weight is 416 g/mol. The second kappa shape index (κ2) is 7.75. The number of sulfonamides is 1. The van der Waals surface area contributed by atoms with Crippen molar-refractivity contribution in [1.82, 2.24) is 9.62 Å². The molecule has 1 unspecified atom stereocenters. The third-order valence-corrected chi connectivity index (χ3v) is 8.44. The van der Waals surface area contributed by atoms with Gasteiger partial charge >= 0.3 is 0 Å². The first-order chi connectivity index (χ1) is 9.96. The Morgan fingerprint density at radius 2 is 2.29 bits per heavy atom. The highest BCUT2D eigenvalue weighted by atomic mass is 79.9.